The standard InChI is InChI=1S/C25H22S2/c1-2-3-4-7-17-10-12-18(13-11-17)19-14-15-21-23(16-19)27-24-20-8-5-6-9-22(20)26-25(21)24/h5-6,8-16H,2-4,7H2,1H3. The first-order chi connectivity index (χ1) is 13.3. The molecule has 0 amide bonds. The fraction of sp³-hybridized carbons (Fsp3) is 0.200. The second-order valence-corrected chi connectivity index (χ2v) is 9.33. The van der Waals surface area contributed by atoms with E-state index in [-0.39, 0.29) is 0 Å². The van der Waals surface area contributed by atoms with Crippen LogP contribution in [0.2, 0.25) is 0 Å². The molecule has 0 spiro atoms. The van der Waals surface area contributed by atoms with E-state index in [4.69, 9.17) is 0 Å². The first-order valence-corrected chi connectivity index (χ1v) is 11.4. The molecule has 0 aliphatic carbocycles. The first-order valence-electron chi connectivity index (χ1n) is 9.76. The van der Waals surface area contributed by atoms with Crippen LogP contribution in [0.25, 0.3) is 40.7 Å². The number of hydrogen-bond donors (Lipinski definition) is 0. The quantitative estimate of drug-likeness (QED) is 0.265. The van der Waals surface area contributed by atoms with E-state index < -0.39 is 0 Å². The van der Waals surface area contributed by atoms with E-state index >= 15 is 0 Å². The molecule has 0 saturated carbocycles. The molecule has 2 heteroatoms. The summed E-state index contributed by atoms with van der Waals surface area (Å²) in [7, 11) is 0. The summed E-state index contributed by atoms with van der Waals surface area (Å²) in [5.41, 5.74) is 4.09. The van der Waals surface area contributed by atoms with Crippen LogP contribution >= 0.6 is 22.7 Å². The van der Waals surface area contributed by atoms with Gasteiger partial charge in [0, 0.05) is 20.2 Å². The Kier molecular flexibility index (Phi) is 4.47. The van der Waals surface area contributed by atoms with Gasteiger partial charge in [-0.25, -0.2) is 0 Å². The molecule has 0 fully saturated rings. The molecule has 27 heavy (non-hydrogen) atoms. The van der Waals surface area contributed by atoms with Crippen LogP contribution in [-0.2, 0) is 6.42 Å². The van der Waals surface area contributed by atoms with Crippen molar-refractivity contribution in [2.75, 3.05) is 0 Å². The van der Waals surface area contributed by atoms with Crippen molar-refractivity contribution in [3.8, 4) is 11.1 Å². The van der Waals surface area contributed by atoms with Gasteiger partial charge >= 0.3 is 0 Å². The summed E-state index contributed by atoms with van der Waals surface area (Å²) in [6.45, 7) is 2.26. The second kappa shape index (κ2) is 7.10. The van der Waals surface area contributed by atoms with Gasteiger partial charge in [-0.05, 0) is 41.7 Å². The maximum atomic E-state index is 2.37. The summed E-state index contributed by atoms with van der Waals surface area (Å²) in [5, 5.41) is 2.80. The van der Waals surface area contributed by atoms with Gasteiger partial charge in [0.15, 0.2) is 0 Å². The molecule has 5 rings (SSSR count). The number of aryl methyl sites for hydroxylation is 1. The molecule has 0 atom stereocenters. The van der Waals surface area contributed by atoms with Gasteiger partial charge < -0.3 is 0 Å². The third-order valence-corrected chi connectivity index (χ3v) is 7.86. The lowest BCUT2D eigenvalue weighted by Gasteiger charge is -2.05. The molecule has 2 aromatic heterocycles. The monoisotopic (exact) mass is 386 g/mol. The number of thiophene rings is 2. The molecule has 0 aliphatic rings. The Morgan fingerprint density at radius 2 is 1.37 bits per heavy atom. The Hall–Kier alpha value is -2.16. The third kappa shape index (κ3) is 3.07. The molecule has 0 bridgehead atoms. The zero-order chi connectivity index (χ0) is 18.2. The lowest BCUT2D eigenvalue weighted by atomic mass is 10.0. The highest BCUT2D eigenvalue weighted by atomic mass is 32.1. The van der Waals surface area contributed by atoms with E-state index in [1.165, 1.54) is 71.9 Å². The van der Waals surface area contributed by atoms with Crippen LogP contribution in [0.5, 0.6) is 0 Å². The van der Waals surface area contributed by atoms with Crippen molar-refractivity contribution in [1.29, 1.82) is 0 Å². The van der Waals surface area contributed by atoms with Crippen LogP contribution in [0.4, 0.5) is 0 Å². The van der Waals surface area contributed by atoms with Gasteiger partial charge in [0.05, 0.1) is 9.40 Å². The molecule has 5 aromatic rings. The second-order valence-electron chi connectivity index (χ2n) is 7.22. The highest BCUT2D eigenvalue weighted by molar-refractivity contribution is 7.36. The number of benzene rings is 3. The summed E-state index contributed by atoms with van der Waals surface area (Å²) in [6.07, 6.45) is 5.09. The van der Waals surface area contributed by atoms with Crippen molar-refractivity contribution in [1.82, 2.24) is 0 Å². The van der Waals surface area contributed by atoms with E-state index in [1.807, 2.05) is 22.7 Å². The Labute approximate surface area is 168 Å². The molecule has 2 heterocycles. The molecule has 0 saturated heterocycles. The summed E-state index contributed by atoms with van der Waals surface area (Å²) in [4.78, 5) is 0. The largest absolute Gasteiger partial charge is 0.134 e. The molecule has 134 valence electrons. The summed E-state index contributed by atoms with van der Waals surface area (Å²) < 4.78 is 5.66. The third-order valence-electron chi connectivity index (χ3n) is 5.34. The minimum absolute atomic E-state index is 1.20. The maximum Gasteiger partial charge on any atom is 0.0542 e. The average molecular weight is 387 g/mol. The van der Waals surface area contributed by atoms with Gasteiger partial charge in [0.2, 0.25) is 0 Å². The molecule has 0 N–H and O–H groups in total. The predicted molar refractivity (Wildman–Crippen MR) is 123 cm³/mol. The van der Waals surface area contributed by atoms with Crippen LogP contribution in [0, 0.1) is 0 Å². The Bertz CT molecular complexity index is 1220. The normalized spacial score (nSPS) is 11.7. The van der Waals surface area contributed by atoms with Crippen molar-refractivity contribution < 1.29 is 0 Å². The van der Waals surface area contributed by atoms with Gasteiger partial charge in [-0.1, -0.05) is 74.4 Å². The van der Waals surface area contributed by atoms with Crippen LogP contribution in [-0.4, -0.2) is 0 Å². The van der Waals surface area contributed by atoms with Gasteiger partial charge in [0.25, 0.3) is 0 Å². The molecule has 0 unspecified atom stereocenters. The molecule has 3 aromatic carbocycles. The highest BCUT2D eigenvalue weighted by Gasteiger charge is 2.12. The van der Waals surface area contributed by atoms with E-state index in [9.17, 15) is 0 Å². The lowest BCUT2D eigenvalue weighted by molar-refractivity contribution is 0.717. The van der Waals surface area contributed by atoms with Crippen molar-refractivity contribution in [2.45, 2.75) is 32.6 Å². The Morgan fingerprint density at radius 1 is 0.667 bits per heavy atom. The fourth-order valence-electron chi connectivity index (χ4n) is 3.83. The predicted octanol–water partition coefficient (Wildman–Crippen LogP) is 8.67. The number of rotatable bonds is 5. The zero-order valence-electron chi connectivity index (χ0n) is 15.5. The van der Waals surface area contributed by atoms with E-state index in [0.717, 1.165) is 0 Å². The molecular weight excluding hydrogens is 364 g/mol. The molecular formula is C25H22S2. The lowest BCUT2D eigenvalue weighted by Crippen LogP contribution is -1.85. The van der Waals surface area contributed by atoms with E-state index in [2.05, 4.69) is 73.7 Å². The van der Waals surface area contributed by atoms with Gasteiger partial charge in [-0.3, -0.25) is 0 Å². The summed E-state index contributed by atoms with van der Waals surface area (Å²) >= 11 is 3.86. The van der Waals surface area contributed by atoms with Crippen LogP contribution in [0.1, 0.15) is 31.7 Å². The molecule has 0 aliphatic heterocycles. The number of hydrogen-bond acceptors (Lipinski definition) is 2. The SMILES string of the molecule is CCCCCc1ccc(-c2ccc3c(c2)sc2c4ccccc4sc32)cc1. The minimum Gasteiger partial charge on any atom is -0.134 e. The summed E-state index contributed by atoms with van der Waals surface area (Å²) in [6, 6.07) is 24.9. The van der Waals surface area contributed by atoms with Crippen molar-refractivity contribution >= 4 is 52.2 Å². The van der Waals surface area contributed by atoms with Crippen LogP contribution < -0.4 is 0 Å². The van der Waals surface area contributed by atoms with Crippen molar-refractivity contribution in [3.63, 3.8) is 0 Å². The number of fused-ring (bicyclic) bond motifs is 5. The van der Waals surface area contributed by atoms with Gasteiger partial charge in [-0.2, -0.15) is 0 Å². The molecule has 0 radical (unpaired) electrons. The minimum atomic E-state index is 1.20. The van der Waals surface area contributed by atoms with Gasteiger partial charge in [-0.15, -0.1) is 22.7 Å². The van der Waals surface area contributed by atoms with Crippen LogP contribution in [0.3, 0.4) is 0 Å². The zero-order valence-corrected chi connectivity index (χ0v) is 17.1. The fourth-order valence-corrected chi connectivity index (χ4v) is 6.52. The smallest absolute Gasteiger partial charge is 0.0542 e. The van der Waals surface area contributed by atoms with E-state index in [0.29, 0.717) is 0 Å². The first kappa shape index (κ1) is 17.0. The Morgan fingerprint density at radius 3 is 2.19 bits per heavy atom. The Balaban J connectivity index is 1.51. The average Bonchev–Trinajstić information content (AvgIpc) is 3.24. The summed E-state index contributed by atoms with van der Waals surface area (Å²) in [5.74, 6) is 0. The topological polar surface area (TPSA) is 0 Å². The number of unbranched alkanes of at least 4 members (excludes halogenated alkanes) is 2. The maximum absolute atomic E-state index is 2.37. The van der Waals surface area contributed by atoms with Crippen molar-refractivity contribution in [2.24, 2.45) is 0 Å². The van der Waals surface area contributed by atoms with E-state index in [1.54, 1.807) is 0 Å². The van der Waals surface area contributed by atoms with Gasteiger partial charge in [0.1, 0.15) is 0 Å². The van der Waals surface area contributed by atoms with Crippen molar-refractivity contribution in [3.05, 3.63) is 72.3 Å². The van der Waals surface area contributed by atoms with Crippen LogP contribution in [0.15, 0.2) is 66.7 Å². The molecule has 0 nitrogen and oxygen atoms in total. The highest BCUT2D eigenvalue weighted by Crippen LogP contribution is 2.44.